The zero-order chi connectivity index (χ0) is 8.10. The van der Waals surface area contributed by atoms with Gasteiger partial charge in [-0.1, -0.05) is 42.1 Å². The highest BCUT2D eigenvalue weighted by Crippen LogP contribution is 1.94. The average molecular weight is 183 g/mol. The molecule has 11 heavy (non-hydrogen) atoms. The molecule has 0 spiro atoms. The summed E-state index contributed by atoms with van der Waals surface area (Å²) in [6.45, 7) is 2.01. The maximum atomic E-state index is 6.16. The van der Waals surface area contributed by atoms with Crippen LogP contribution in [0.5, 0.6) is 0 Å². The van der Waals surface area contributed by atoms with Crippen molar-refractivity contribution in [2.24, 2.45) is 0 Å². The molecule has 1 aromatic rings. The van der Waals surface area contributed by atoms with Crippen molar-refractivity contribution in [3.8, 4) is 0 Å². The van der Waals surface area contributed by atoms with Crippen molar-refractivity contribution in [3.05, 3.63) is 42.1 Å². The largest absolute Gasteiger partial charge is 0.194 e. The van der Waals surface area contributed by atoms with Crippen LogP contribution in [0.4, 0.5) is 0 Å². The quantitative estimate of drug-likeness (QED) is 0.485. The monoisotopic (exact) mass is 182 g/mol. The van der Waals surface area contributed by atoms with Gasteiger partial charge in [0.15, 0.2) is 8.11 Å². The highest BCUT2D eigenvalue weighted by atomic mass is 35.6. The van der Waals surface area contributed by atoms with Crippen LogP contribution in [-0.4, -0.2) is 8.11 Å². The number of hydrogen-bond donors (Lipinski definition) is 0. The summed E-state index contributed by atoms with van der Waals surface area (Å²) in [7, 11) is -1.27. The van der Waals surface area contributed by atoms with Crippen LogP contribution in [0.1, 0.15) is 6.92 Å². The Morgan fingerprint density at radius 3 is 2.45 bits per heavy atom. The van der Waals surface area contributed by atoms with Crippen molar-refractivity contribution in [1.29, 1.82) is 0 Å². The van der Waals surface area contributed by atoms with Gasteiger partial charge in [0.2, 0.25) is 0 Å². The first-order valence-corrected chi connectivity index (χ1v) is 6.65. The van der Waals surface area contributed by atoms with Gasteiger partial charge in [0.25, 0.3) is 0 Å². The van der Waals surface area contributed by atoms with E-state index in [-0.39, 0.29) is 0 Å². The van der Waals surface area contributed by atoms with Crippen LogP contribution in [0.25, 0.3) is 0 Å². The smallest absolute Gasteiger partial charge is 0.160 e. The van der Waals surface area contributed by atoms with E-state index in [0.717, 1.165) is 0 Å². The SMILES string of the molecule is CC=C[SiH](Cl)c1ccccc1. The molecule has 0 saturated carbocycles. The van der Waals surface area contributed by atoms with Crippen molar-refractivity contribution in [3.63, 3.8) is 0 Å². The molecule has 1 atom stereocenters. The first kappa shape index (κ1) is 8.56. The lowest BCUT2D eigenvalue weighted by atomic mass is 10.4. The van der Waals surface area contributed by atoms with Crippen molar-refractivity contribution < 1.29 is 0 Å². The van der Waals surface area contributed by atoms with Crippen LogP contribution in [0.2, 0.25) is 0 Å². The summed E-state index contributed by atoms with van der Waals surface area (Å²) in [6, 6.07) is 10.2. The van der Waals surface area contributed by atoms with E-state index in [0.29, 0.717) is 0 Å². The minimum absolute atomic E-state index is 1.27. The fourth-order valence-electron chi connectivity index (χ4n) is 0.917. The predicted molar refractivity (Wildman–Crippen MR) is 53.9 cm³/mol. The van der Waals surface area contributed by atoms with Gasteiger partial charge in [-0.2, -0.15) is 11.1 Å². The maximum Gasteiger partial charge on any atom is 0.194 e. The zero-order valence-corrected chi connectivity index (χ0v) is 8.41. The van der Waals surface area contributed by atoms with E-state index in [1.807, 2.05) is 31.2 Å². The first-order chi connectivity index (χ1) is 5.34. The molecule has 0 aliphatic heterocycles. The van der Waals surface area contributed by atoms with Crippen molar-refractivity contribution in [2.75, 3.05) is 0 Å². The summed E-state index contributed by atoms with van der Waals surface area (Å²) in [4.78, 5) is 0. The van der Waals surface area contributed by atoms with Gasteiger partial charge in [-0.3, -0.25) is 0 Å². The molecule has 0 N–H and O–H groups in total. The minimum atomic E-state index is -1.27. The van der Waals surface area contributed by atoms with E-state index in [2.05, 4.69) is 17.8 Å². The molecule has 0 nitrogen and oxygen atoms in total. The van der Waals surface area contributed by atoms with Crippen LogP contribution in [0.15, 0.2) is 42.1 Å². The second-order valence-corrected chi connectivity index (χ2v) is 5.60. The zero-order valence-electron chi connectivity index (χ0n) is 6.50. The van der Waals surface area contributed by atoms with Gasteiger partial charge in [-0.25, -0.2) is 0 Å². The molecule has 0 aliphatic rings. The summed E-state index contributed by atoms with van der Waals surface area (Å²) < 4.78 is 0. The summed E-state index contributed by atoms with van der Waals surface area (Å²) in [5, 5.41) is 1.28. The molecule has 0 amide bonds. The third-order valence-corrected chi connectivity index (χ3v) is 4.42. The van der Waals surface area contributed by atoms with E-state index >= 15 is 0 Å². The summed E-state index contributed by atoms with van der Waals surface area (Å²) in [5.41, 5.74) is 2.11. The lowest BCUT2D eigenvalue weighted by Gasteiger charge is -1.99. The van der Waals surface area contributed by atoms with Gasteiger partial charge >= 0.3 is 0 Å². The summed E-state index contributed by atoms with van der Waals surface area (Å²) in [6.07, 6.45) is 2.02. The number of rotatable bonds is 2. The minimum Gasteiger partial charge on any atom is -0.160 e. The Labute approximate surface area is 73.8 Å². The van der Waals surface area contributed by atoms with E-state index in [4.69, 9.17) is 11.1 Å². The highest BCUT2D eigenvalue weighted by Gasteiger charge is 2.02. The number of halogens is 1. The third kappa shape index (κ3) is 2.52. The molecule has 1 rings (SSSR count). The highest BCUT2D eigenvalue weighted by molar-refractivity contribution is 7.17. The van der Waals surface area contributed by atoms with Crippen LogP contribution >= 0.6 is 11.1 Å². The first-order valence-electron chi connectivity index (χ1n) is 3.66. The van der Waals surface area contributed by atoms with Gasteiger partial charge in [-0.15, -0.1) is 0 Å². The van der Waals surface area contributed by atoms with E-state index in [9.17, 15) is 0 Å². The Balaban J connectivity index is 2.76. The molecule has 2 heteroatoms. The van der Waals surface area contributed by atoms with Crippen molar-refractivity contribution in [2.45, 2.75) is 6.92 Å². The molecule has 0 heterocycles. The molecule has 0 aliphatic carbocycles. The summed E-state index contributed by atoms with van der Waals surface area (Å²) >= 11 is 6.16. The van der Waals surface area contributed by atoms with Gasteiger partial charge in [0.05, 0.1) is 0 Å². The second kappa shape index (κ2) is 4.37. The number of benzene rings is 1. The average Bonchev–Trinajstić information content (AvgIpc) is 2.07. The fourth-order valence-corrected chi connectivity index (χ4v) is 2.94. The Bertz CT molecular complexity index is 231. The van der Waals surface area contributed by atoms with E-state index in [1.54, 1.807) is 0 Å². The van der Waals surface area contributed by atoms with Crippen LogP contribution in [-0.2, 0) is 0 Å². The van der Waals surface area contributed by atoms with Gasteiger partial charge < -0.3 is 0 Å². The standard InChI is InChI=1S/C9H11ClSi/c1-2-8-11(10)9-6-4-3-5-7-9/h2-8,11H,1H3. The van der Waals surface area contributed by atoms with Gasteiger partial charge in [0, 0.05) is 0 Å². The normalized spacial score (nSPS) is 13.6. The Morgan fingerprint density at radius 2 is 1.91 bits per heavy atom. The number of allylic oxidation sites excluding steroid dienone is 1. The van der Waals surface area contributed by atoms with Crippen LogP contribution in [0, 0.1) is 0 Å². The van der Waals surface area contributed by atoms with Crippen molar-refractivity contribution >= 4 is 24.4 Å². The van der Waals surface area contributed by atoms with E-state index < -0.39 is 8.11 Å². The molecule has 0 fully saturated rings. The van der Waals surface area contributed by atoms with Crippen LogP contribution < -0.4 is 5.19 Å². The lowest BCUT2D eigenvalue weighted by molar-refractivity contribution is 1.75. The molecular formula is C9H11ClSi. The maximum absolute atomic E-state index is 6.16. The number of hydrogen-bond acceptors (Lipinski definition) is 0. The summed E-state index contributed by atoms with van der Waals surface area (Å²) in [5.74, 6) is 0. The lowest BCUT2D eigenvalue weighted by Crippen LogP contribution is -2.21. The topological polar surface area (TPSA) is 0 Å². The molecule has 0 bridgehead atoms. The molecule has 1 unspecified atom stereocenters. The van der Waals surface area contributed by atoms with Crippen molar-refractivity contribution in [1.82, 2.24) is 0 Å². The molecule has 58 valence electrons. The Kier molecular flexibility index (Phi) is 3.40. The van der Waals surface area contributed by atoms with Gasteiger partial charge in [0.1, 0.15) is 0 Å². The second-order valence-electron chi connectivity index (χ2n) is 2.34. The third-order valence-electron chi connectivity index (χ3n) is 1.48. The van der Waals surface area contributed by atoms with E-state index in [1.165, 1.54) is 5.19 Å². The molecule has 0 radical (unpaired) electrons. The Morgan fingerprint density at radius 1 is 1.27 bits per heavy atom. The molecule has 0 saturated heterocycles. The predicted octanol–water partition coefficient (Wildman–Crippen LogP) is 1.97. The van der Waals surface area contributed by atoms with Crippen LogP contribution in [0.3, 0.4) is 0 Å². The molecule has 0 aromatic heterocycles. The Hall–Kier alpha value is -0.533. The fraction of sp³-hybridized carbons (Fsp3) is 0.111. The van der Waals surface area contributed by atoms with Gasteiger partial charge in [-0.05, 0) is 12.1 Å². The molecular weight excluding hydrogens is 172 g/mol. The molecule has 1 aromatic carbocycles.